The van der Waals surface area contributed by atoms with Crippen LogP contribution in [0.2, 0.25) is 0 Å². The number of amides is 2. The van der Waals surface area contributed by atoms with Crippen molar-refractivity contribution in [3.05, 3.63) is 70.9 Å². The molecule has 0 aliphatic carbocycles. The summed E-state index contributed by atoms with van der Waals surface area (Å²) in [7, 11) is 0. The van der Waals surface area contributed by atoms with Gasteiger partial charge in [-0.25, -0.2) is 13.6 Å². The average Bonchev–Trinajstić information content (AvgIpc) is 2.67. The molecule has 0 spiro atoms. The lowest BCUT2D eigenvalue weighted by Gasteiger charge is -2.21. The summed E-state index contributed by atoms with van der Waals surface area (Å²) in [5.74, 6) is -0.514. The Bertz CT molecular complexity index is 891. The van der Waals surface area contributed by atoms with E-state index in [4.69, 9.17) is 5.73 Å². The van der Waals surface area contributed by atoms with Gasteiger partial charge in [-0.05, 0) is 87.1 Å². The number of hydrogen-bond donors (Lipinski definition) is 4. The summed E-state index contributed by atoms with van der Waals surface area (Å²) in [6.45, 7) is 9.42. The normalized spacial score (nSPS) is 11.6. The van der Waals surface area contributed by atoms with Gasteiger partial charge < -0.3 is 21.7 Å². The number of halogens is 2. The maximum atomic E-state index is 13.8. The number of unbranched alkanes of at least 4 members (excludes halogenated alkanes) is 1. The second-order valence-corrected chi connectivity index (χ2v) is 7.54. The van der Waals surface area contributed by atoms with E-state index in [1.54, 1.807) is 39.0 Å². The van der Waals surface area contributed by atoms with Crippen molar-refractivity contribution in [1.29, 1.82) is 0 Å². The number of carbonyl (C=O) groups excluding carboxylic acids is 1. The monoisotopic (exact) mass is 416 g/mol. The molecule has 0 unspecified atom stereocenters. The molecule has 2 amide bonds. The molecule has 7 heteroatoms. The summed E-state index contributed by atoms with van der Waals surface area (Å²) in [6.07, 6.45) is 2.29. The van der Waals surface area contributed by atoms with Crippen molar-refractivity contribution in [1.82, 2.24) is 5.32 Å². The minimum Gasteiger partial charge on any atom is -0.401 e. The molecule has 30 heavy (non-hydrogen) atoms. The molecule has 0 saturated heterocycles. The van der Waals surface area contributed by atoms with E-state index >= 15 is 0 Å². The number of hydrogen-bond acceptors (Lipinski definition) is 3. The zero-order chi connectivity index (χ0) is 22.3. The van der Waals surface area contributed by atoms with Crippen LogP contribution in [0.15, 0.2) is 42.6 Å². The number of nitrogens with one attached hydrogen (secondary N) is 3. The largest absolute Gasteiger partial charge is 0.401 e. The fourth-order valence-corrected chi connectivity index (χ4v) is 3.15. The van der Waals surface area contributed by atoms with E-state index in [1.807, 2.05) is 0 Å². The number of urea groups is 1. The van der Waals surface area contributed by atoms with Crippen LogP contribution in [0, 0.1) is 32.4 Å². The molecule has 0 aliphatic rings. The second-order valence-electron chi connectivity index (χ2n) is 7.54. The van der Waals surface area contributed by atoms with Crippen molar-refractivity contribution in [2.24, 2.45) is 5.73 Å². The quantitative estimate of drug-likeness (QED) is 0.428. The lowest BCUT2D eigenvalue weighted by atomic mass is 10.1. The zero-order valence-corrected chi connectivity index (χ0v) is 17.7. The van der Waals surface area contributed by atoms with E-state index in [0.29, 0.717) is 34.6 Å². The summed E-state index contributed by atoms with van der Waals surface area (Å²) in [4.78, 5) is 12.0. The molecular formula is C23H30F2N4O. The van der Waals surface area contributed by atoms with Crippen molar-refractivity contribution < 1.29 is 13.6 Å². The number of rotatable bonds is 9. The molecular weight excluding hydrogens is 386 g/mol. The summed E-state index contributed by atoms with van der Waals surface area (Å²) in [6, 6.07) is 7.44. The Morgan fingerprint density at radius 3 is 2.27 bits per heavy atom. The van der Waals surface area contributed by atoms with Gasteiger partial charge in [0.25, 0.3) is 0 Å². The molecule has 0 fully saturated rings. The van der Waals surface area contributed by atoms with E-state index in [1.165, 1.54) is 12.1 Å². The molecule has 0 aromatic heterocycles. The third kappa shape index (κ3) is 6.76. The molecule has 2 aromatic rings. The fraction of sp³-hybridized carbons (Fsp3) is 0.348. The highest BCUT2D eigenvalue weighted by Crippen LogP contribution is 2.21. The highest BCUT2D eigenvalue weighted by Gasteiger charge is 2.12. The van der Waals surface area contributed by atoms with Gasteiger partial charge in [-0.1, -0.05) is 6.58 Å². The topological polar surface area (TPSA) is 79.2 Å². The van der Waals surface area contributed by atoms with Crippen LogP contribution in [0.25, 0.3) is 0 Å². The van der Waals surface area contributed by atoms with Gasteiger partial charge in [0.05, 0.1) is 6.04 Å². The lowest BCUT2D eigenvalue weighted by Crippen LogP contribution is -2.30. The summed E-state index contributed by atoms with van der Waals surface area (Å²) >= 11 is 0. The fourth-order valence-electron chi connectivity index (χ4n) is 3.15. The van der Waals surface area contributed by atoms with Crippen LogP contribution in [-0.4, -0.2) is 18.6 Å². The minimum atomic E-state index is -0.337. The van der Waals surface area contributed by atoms with Gasteiger partial charge in [0.2, 0.25) is 0 Å². The summed E-state index contributed by atoms with van der Waals surface area (Å²) in [5.41, 5.74) is 9.39. The molecule has 0 heterocycles. The summed E-state index contributed by atoms with van der Waals surface area (Å²) in [5, 5.41) is 8.77. The second kappa shape index (κ2) is 10.6. The average molecular weight is 417 g/mol. The minimum absolute atomic E-state index is 0.148. The van der Waals surface area contributed by atoms with Gasteiger partial charge in [-0.15, -0.1) is 0 Å². The smallest absolute Gasteiger partial charge is 0.319 e. The molecule has 0 aliphatic heterocycles. The molecule has 1 atom stereocenters. The van der Waals surface area contributed by atoms with Crippen LogP contribution in [-0.2, 0) is 0 Å². The Hall–Kier alpha value is -3.09. The maximum Gasteiger partial charge on any atom is 0.319 e. The molecule has 0 bridgehead atoms. The molecule has 2 rings (SSSR count). The van der Waals surface area contributed by atoms with Crippen molar-refractivity contribution in [3.8, 4) is 0 Å². The number of carbonyl (C=O) groups is 1. The van der Waals surface area contributed by atoms with E-state index in [2.05, 4.69) is 22.5 Å². The Balaban J connectivity index is 1.76. The predicted octanol–water partition coefficient (Wildman–Crippen LogP) is 5.13. The Kier molecular flexibility index (Phi) is 8.21. The number of benzene rings is 2. The highest BCUT2D eigenvalue weighted by atomic mass is 19.1. The van der Waals surface area contributed by atoms with Crippen LogP contribution in [0.3, 0.4) is 0 Å². The third-order valence-corrected chi connectivity index (χ3v) is 4.85. The van der Waals surface area contributed by atoms with Crippen LogP contribution in [0.4, 0.5) is 25.0 Å². The van der Waals surface area contributed by atoms with Crippen molar-refractivity contribution in [2.75, 3.05) is 17.2 Å². The first-order valence-electron chi connectivity index (χ1n) is 9.96. The SMILES string of the molecule is C=C(N)[C@@H](CCCCNC(=O)Nc1ccc(F)c(C)c1)Nc1cc(C)c(F)c(C)c1. The lowest BCUT2D eigenvalue weighted by molar-refractivity contribution is 0.252. The first-order chi connectivity index (χ1) is 14.2. The first-order valence-corrected chi connectivity index (χ1v) is 9.96. The van der Waals surface area contributed by atoms with Gasteiger partial charge in [0.15, 0.2) is 0 Å². The van der Waals surface area contributed by atoms with E-state index in [0.717, 1.165) is 24.9 Å². The van der Waals surface area contributed by atoms with E-state index < -0.39 is 0 Å². The summed E-state index contributed by atoms with van der Waals surface area (Å²) < 4.78 is 27.1. The molecule has 0 saturated carbocycles. The third-order valence-electron chi connectivity index (χ3n) is 4.85. The van der Waals surface area contributed by atoms with Crippen LogP contribution >= 0.6 is 0 Å². The van der Waals surface area contributed by atoms with Crippen molar-refractivity contribution in [2.45, 2.75) is 46.1 Å². The van der Waals surface area contributed by atoms with E-state index in [9.17, 15) is 13.6 Å². The van der Waals surface area contributed by atoms with E-state index in [-0.39, 0.29) is 23.7 Å². The van der Waals surface area contributed by atoms with Crippen LogP contribution in [0.5, 0.6) is 0 Å². The molecule has 5 nitrogen and oxygen atoms in total. The maximum absolute atomic E-state index is 13.8. The first kappa shape index (κ1) is 23.2. The predicted molar refractivity (Wildman–Crippen MR) is 119 cm³/mol. The zero-order valence-electron chi connectivity index (χ0n) is 17.7. The van der Waals surface area contributed by atoms with Gasteiger partial charge in [0.1, 0.15) is 11.6 Å². The van der Waals surface area contributed by atoms with Gasteiger partial charge in [-0.2, -0.15) is 0 Å². The number of nitrogens with two attached hydrogens (primary N) is 1. The van der Waals surface area contributed by atoms with Gasteiger partial charge in [-0.3, -0.25) is 0 Å². The molecule has 0 radical (unpaired) electrons. The molecule has 2 aromatic carbocycles. The van der Waals surface area contributed by atoms with Crippen LogP contribution < -0.4 is 21.7 Å². The Labute approximate surface area is 176 Å². The number of aryl methyl sites for hydroxylation is 3. The molecule has 5 N–H and O–H groups in total. The highest BCUT2D eigenvalue weighted by molar-refractivity contribution is 5.89. The van der Waals surface area contributed by atoms with Gasteiger partial charge in [0, 0.05) is 23.6 Å². The van der Waals surface area contributed by atoms with Gasteiger partial charge >= 0.3 is 6.03 Å². The van der Waals surface area contributed by atoms with Crippen LogP contribution in [0.1, 0.15) is 36.0 Å². The number of anilines is 2. The Morgan fingerprint density at radius 2 is 1.67 bits per heavy atom. The standard InChI is InChI=1S/C23H30F2N4O/c1-14-11-18(8-9-20(14)24)29-23(30)27-10-6-5-7-21(17(4)26)28-19-12-15(2)22(25)16(3)13-19/h8-9,11-13,21,28H,4-7,10,26H2,1-3H3,(H2,27,29,30)/t21-/m1/s1. The van der Waals surface area contributed by atoms with Crippen molar-refractivity contribution >= 4 is 17.4 Å². The Morgan fingerprint density at radius 1 is 1.03 bits per heavy atom. The van der Waals surface area contributed by atoms with Crippen molar-refractivity contribution in [3.63, 3.8) is 0 Å². The molecule has 162 valence electrons.